The summed E-state index contributed by atoms with van der Waals surface area (Å²) in [6.07, 6.45) is 1.75. The topological polar surface area (TPSA) is 55.7 Å². The number of thiazole rings is 1. The van der Waals surface area contributed by atoms with E-state index in [4.69, 9.17) is 9.47 Å². The second kappa shape index (κ2) is 9.94. The molecule has 0 radical (unpaired) electrons. The molecule has 1 N–H and O–H groups in total. The maximum Gasteiger partial charge on any atom is 0.203 e. The molecule has 0 fully saturated rings. The van der Waals surface area contributed by atoms with Crippen LogP contribution < -0.4 is 14.9 Å². The Labute approximate surface area is 167 Å². The smallest absolute Gasteiger partial charge is 0.203 e. The molecular weight excluding hydrogens is 414 g/mol. The van der Waals surface area contributed by atoms with Crippen LogP contribution in [-0.2, 0) is 0 Å². The van der Waals surface area contributed by atoms with E-state index in [9.17, 15) is 0 Å². The van der Waals surface area contributed by atoms with Gasteiger partial charge in [-0.3, -0.25) is 5.43 Å². The molecule has 1 heterocycles. The van der Waals surface area contributed by atoms with Crippen LogP contribution in [0.15, 0.2) is 59.0 Å². The number of hydrazone groups is 1. The van der Waals surface area contributed by atoms with Gasteiger partial charge in [0.2, 0.25) is 5.13 Å². The molecule has 0 atom stereocenters. The Morgan fingerprint density at radius 1 is 1.08 bits per heavy atom. The molecule has 0 unspecified atom stereocenters. The largest absolute Gasteiger partial charge is 0.497 e. The number of methoxy groups -OCH3 is 1. The van der Waals surface area contributed by atoms with Gasteiger partial charge in [0, 0.05) is 10.9 Å². The van der Waals surface area contributed by atoms with Crippen LogP contribution in [0.2, 0.25) is 0 Å². The first kappa shape index (κ1) is 19.9. The van der Waals surface area contributed by atoms with Gasteiger partial charge in [0.05, 0.1) is 25.6 Å². The summed E-state index contributed by atoms with van der Waals surface area (Å²) in [5.74, 6) is 1.69. The highest BCUT2D eigenvalue weighted by Crippen LogP contribution is 2.26. The van der Waals surface area contributed by atoms with Crippen molar-refractivity contribution in [2.45, 2.75) is 6.92 Å². The van der Waals surface area contributed by atoms with Gasteiger partial charge >= 0.3 is 0 Å². The lowest BCUT2D eigenvalue weighted by Gasteiger charge is -2.03. The third-order valence-electron chi connectivity index (χ3n) is 3.45. The Morgan fingerprint density at radius 2 is 1.77 bits per heavy atom. The van der Waals surface area contributed by atoms with Crippen molar-refractivity contribution in [1.82, 2.24) is 4.98 Å². The third kappa shape index (κ3) is 5.31. The van der Waals surface area contributed by atoms with E-state index >= 15 is 0 Å². The van der Waals surface area contributed by atoms with Gasteiger partial charge in [0.25, 0.3) is 0 Å². The van der Waals surface area contributed by atoms with Crippen LogP contribution in [-0.4, -0.2) is 24.9 Å². The van der Waals surface area contributed by atoms with Gasteiger partial charge in [0.15, 0.2) is 0 Å². The van der Waals surface area contributed by atoms with Crippen LogP contribution in [0.3, 0.4) is 0 Å². The summed E-state index contributed by atoms with van der Waals surface area (Å²) in [5, 5.41) is 6.97. The number of ether oxygens (including phenoxy) is 2. The highest BCUT2D eigenvalue weighted by Gasteiger charge is 2.04. The number of halogens is 1. The average molecular weight is 434 g/mol. The number of anilines is 1. The minimum atomic E-state index is 0. The van der Waals surface area contributed by atoms with E-state index in [0.717, 1.165) is 33.5 Å². The third-order valence-corrected chi connectivity index (χ3v) is 4.20. The standard InChI is InChI=1S/C19H19N3O2S.BrH/c1-3-24-17-10-6-15(7-11-17)18-13-25-19(21-18)22-20-12-14-4-8-16(23-2)9-5-14;/h4-13H,3H2,1-2H3,(H,21,22);1H. The molecule has 2 aromatic carbocycles. The minimum Gasteiger partial charge on any atom is -0.497 e. The summed E-state index contributed by atoms with van der Waals surface area (Å²) in [4.78, 5) is 4.55. The molecule has 136 valence electrons. The van der Waals surface area contributed by atoms with Gasteiger partial charge in [0.1, 0.15) is 11.5 Å². The molecule has 5 nitrogen and oxygen atoms in total. The van der Waals surface area contributed by atoms with Crippen LogP contribution in [0.25, 0.3) is 11.3 Å². The maximum atomic E-state index is 5.45. The van der Waals surface area contributed by atoms with E-state index in [1.165, 1.54) is 11.3 Å². The Kier molecular flexibility index (Phi) is 7.62. The maximum absolute atomic E-state index is 5.45. The van der Waals surface area contributed by atoms with E-state index in [1.54, 1.807) is 13.3 Å². The Hall–Kier alpha value is -2.38. The van der Waals surface area contributed by atoms with E-state index in [0.29, 0.717) is 6.61 Å². The van der Waals surface area contributed by atoms with Crippen molar-refractivity contribution in [3.63, 3.8) is 0 Å². The number of benzene rings is 2. The Morgan fingerprint density at radius 3 is 2.42 bits per heavy atom. The quantitative estimate of drug-likeness (QED) is 0.408. The molecule has 7 heteroatoms. The second-order valence-corrected chi connectivity index (χ2v) is 6.00. The molecule has 3 aromatic rings. The van der Waals surface area contributed by atoms with Crippen molar-refractivity contribution in [3.8, 4) is 22.8 Å². The van der Waals surface area contributed by atoms with Gasteiger partial charge in [-0.2, -0.15) is 5.10 Å². The predicted molar refractivity (Wildman–Crippen MR) is 113 cm³/mol. The van der Waals surface area contributed by atoms with Crippen LogP contribution in [0.4, 0.5) is 5.13 Å². The highest BCUT2D eigenvalue weighted by molar-refractivity contribution is 8.93. The van der Waals surface area contributed by atoms with Crippen molar-refractivity contribution in [2.75, 3.05) is 19.1 Å². The number of hydrogen-bond donors (Lipinski definition) is 1. The molecular formula is C19H20BrN3O2S. The molecule has 3 rings (SSSR count). The monoisotopic (exact) mass is 433 g/mol. The van der Waals surface area contributed by atoms with Crippen LogP contribution in [0.5, 0.6) is 11.5 Å². The first-order valence-corrected chi connectivity index (χ1v) is 8.78. The Balaban J connectivity index is 0.00000243. The second-order valence-electron chi connectivity index (χ2n) is 5.14. The molecule has 0 saturated heterocycles. The average Bonchev–Trinajstić information content (AvgIpc) is 3.12. The van der Waals surface area contributed by atoms with Crippen molar-refractivity contribution in [3.05, 3.63) is 59.5 Å². The van der Waals surface area contributed by atoms with Gasteiger partial charge < -0.3 is 9.47 Å². The summed E-state index contributed by atoms with van der Waals surface area (Å²) in [5.41, 5.74) is 5.91. The summed E-state index contributed by atoms with van der Waals surface area (Å²) in [6.45, 7) is 2.63. The van der Waals surface area contributed by atoms with Crippen LogP contribution in [0, 0.1) is 0 Å². The van der Waals surface area contributed by atoms with E-state index in [2.05, 4.69) is 15.5 Å². The van der Waals surface area contributed by atoms with Gasteiger partial charge in [-0.15, -0.1) is 28.3 Å². The minimum absolute atomic E-state index is 0. The molecule has 0 aliphatic rings. The summed E-state index contributed by atoms with van der Waals surface area (Å²) in [7, 11) is 1.65. The van der Waals surface area contributed by atoms with E-state index < -0.39 is 0 Å². The zero-order valence-electron chi connectivity index (χ0n) is 14.5. The molecule has 0 spiro atoms. The number of nitrogens with one attached hydrogen (secondary N) is 1. The molecule has 0 bridgehead atoms. The van der Waals surface area contributed by atoms with Crippen molar-refractivity contribution < 1.29 is 9.47 Å². The fourth-order valence-electron chi connectivity index (χ4n) is 2.20. The number of rotatable bonds is 7. The van der Waals surface area contributed by atoms with Crippen LogP contribution in [0.1, 0.15) is 12.5 Å². The zero-order chi connectivity index (χ0) is 17.5. The summed E-state index contributed by atoms with van der Waals surface area (Å²) in [6, 6.07) is 15.6. The number of aromatic nitrogens is 1. The first-order valence-electron chi connectivity index (χ1n) is 7.90. The fraction of sp³-hybridized carbons (Fsp3) is 0.158. The predicted octanol–water partition coefficient (Wildman–Crippen LogP) is 5.24. The summed E-state index contributed by atoms with van der Waals surface area (Å²) >= 11 is 1.51. The normalized spacial score (nSPS) is 10.4. The lowest BCUT2D eigenvalue weighted by atomic mass is 10.2. The molecule has 0 saturated carbocycles. The van der Waals surface area contributed by atoms with E-state index in [-0.39, 0.29) is 17.0 Å². The molecule has 26 heavy (non-hydrogen) atoms. The zero-order valence-corrected chi connectivity index (χ0v) is 17.0. The van der Waals surface area contributed by atoms with E-state index in [1.807, 2.05) is 60.8 Å². The molecule has 0 aliphatic heterocycles. The van der Waals surface area contributed by atoms with Crippen LogP contribution >= 0.6 is 28.3 Å². The summed E-state index contributed by atoms with van der Waals surface area (Å²) < 4.78 is 10.6. The Bertz CT molecular complexity index is 833. The van der Waals surface area contributed by atoms with Crippen molar-refractivity contribution in [1.29, 1.82) is 0 Å². The van der Waals surface area contributed by atoms with Crippen molar-refractivity contribution >= 4 is 39.7 Å². The van der Waals surface area contributed by atoms with Crippen molar-refractivity contribution in [2.24, 2.45) is 5.10 Å². The fourth-order valence-corrected chi connectivity index (χ4v) is 2.87. The lowest BCUT2D eigenvalue weighted by Crippen LogP contribution is -1.91. The molecule has 0 amide bonds. The van der Waals surface area contributed by atoms with Gasteiger partial charge in [-0.05, 0) is 61.0 Å². The van der Waals surface area contributed by atoms with Gasteiger partial charge in [-0.25, -0.2) is 4.98 Å². The highest BCUT2D eigenvalue weighted by atomic mass is 79.9. The SMILES string of the molecule is Br.CCOc1ccc(-c2csc(NN=Cc3ccc(OC)cc3)n2)cc1. The molecule has 0 aliphatic carbocycles. The molecule has 1 aromatic heterocycles. The number of nitrogens with zero attached hydrogens (tertiary/aromatic N) is 2. The lowest BCUT2D eigenvalue weighted by molar-refractivity contribution is 0.340. The first-order chi connectivity index (χ1) is 12.3. The number of hydrogen-bond acceptors (Lipinski definition) is 6. The van der Waals surface area contributed by atoms with Gasteiger partial charge in [-0.1, -0.05) is 0 Å².